The Morgan fingerprint density at radius 2 is 1.75 bits per heavy atom. The van der Waals surface area contributed by atoms with Crippen LogP contribution in [0.5, 0.6) is 0 Å². The number of halogens is 1. The fourth-order valence-corrected chi connectivity index (χ4v) is 4.01. The van der Waals surface area contributed by atoms with Crippen LogP contribution in [-0.4, -0.2) is 41.6 Å². The van der Waals surface area contributed by atoms with E-state index in [0.29, 0.717) is 18.5 Å². The van der Waals surface area contributed by atoms with E-state index >= 15 is 0 Å². The third-order valence-electron chi connectivity index (χ3n) is 5.07. The van der Waals surface area contributed by atoms with Gasteiger partial charge in [0.25, 0.3) is 0 Å². The Balaban J connectivity index is 1.44. The zero-order valence-corrected chi connectivity index (χ0v) is 17.1. The highest BCUT2D eigenvalue weighted by atomic mass is 79.9. The third-order valence-corrected chi connectivity index (χ3v) is 5.56. The van der Waals surface area contributed by atoms with Gasteiger partial charge in [0.15, 0.2) is 0 Å². The van der Waals surface area contributed by atoms with Gasteiger partial charge in [-0.25, -0.2) is 0 Å². The van der Waals surface area contributed by atoms with Gasteiger partial charge in [-0.3, -0.25) is 24.1 Å². The number of anilines is 1. The quantitative estimate of drug-likeness (QED) is 0.515. The summed E-state index contributed by atoms with van der Waals surface area (Å²) in [5.41, 5.74) is 1.57. The number of nitrogens with zero attached hydrogens (tertiary/aromatic N) is 1. The molecule has 2 aliphatic rings. The van der Waals surface area contributed by atoms with Gasteiger partial charge in [0, 0.05) is 23.1 Å². The molecule has 0 saturated carbocycles. The normalized spacial score (nSPS) is 20.9. The molecule has 8 heteroatoms. The van der Waals surface area contributed by atoms with Crippen molar-refractivity contribution in [3.63, 3.8) is 0 Å². The molecule has 1 aliphatic carbocycles. The maximum atomic E-state index is 12.4. The molecule has 0 unspecified atom stereocenters. The van der Waals surface area contributed by atoms with Gasteiger partial charge in [-0.1, -0.05) is 28.1 Å². The fraction of sp³-hybridized carbons (Fsp3) is 0.400. The SMILES string of the molecule is Cc1cc(Br)ccc1NC(=O)CNC(=O)CCN1C(=O)[C@H]2CC=CC[C@H]2C1=O. The van der Waals surface area contributed by atoms with Crippen molar-refractivity contribution in [2.24, 2.45) is 11.8 Å². The first-order valence-electron chi connectivity index (χ1n) is 9.19. The summed E-state index contributed by atoms with van der Waals surface area (Å²) in [5, 5.41) is 5.27. The number of amides is 4. The number of likely N-dealkylation sites (tertiary alicyclic amines) is 1. The number of imide groups is 1. The number of aryl methyl sites for hydroxylation is 1. The van der Waals surface area contributed by atoms with Gasteiger partial charge in [-0.2, -0.15) is 0 Å². The van der Waals surface area contributed by atoms with E-state index < -0.39 is 0 Å². The van der Waals surface area contributed by atoms with Crippen LogP contribution in [0.25, 0.3) is 0 Å². The van der Waals surface area contributed by atoms with E-state index in [9.17, 15) is 19.2 Å². The summed E-state index contributed by atoms with van der Waals surface area (Å²) in [6.45, 7) is 1.74. The second kappa shape index (κ2) is 8.68. The molecule has 1 aromatic carbocycles. The maximum Gasteiger partial charge on any atom is 0.243 e. The van der Waals surface area contributed by atoms with Crippen LogP contribution in [0, 0.1) is 18.8 Å². The lowest BCUT2D eigenvalue weighted by Gasteiger charge is -2.14. The summed E-state index contributed by atoms with van der Waals surface area (Å²) in [4.78, 5) is 50.0. The van der Waals surface area contributed by atoms with Crippen molar-refractivity contribution in [1.29, 1.82) is 0 Å². The number of benzene rings is 1. The largest absolute Gasteiger partial charge is 0.347 e. The summed E-state index contributed by atoms with van der Waals surface area (Å²) < 4.78 is 0.915. The van der Waals surface area contributed by atoms with Crippen molar-refractivity contribution in [2.45, 2.75) is 26.2 Å². The molecule has 1 saturated heterocycles. The van der Waals surface area contributed by atoms with E-state index in [1.165, 1.54) is 4.90 Å². The van der Waals surface area contributed by atoms with Crippen molar-refractivity contribution in [1.82, 2.24) is 10.2 Å². The molecule has 1 heterocycles. The van der Waals surface area contributed by atoms with Crippen LogP contribution < -0.4 is 10.6 Å². The summed E-state index contributed by atoms with van der Waals surface area (Å²) in [6, 6.07) is 5.47. The van der Waals surface area contributed by atoms with E-state index in [1.807, 2.05) is 31.2 Å². The molecule has 0 spiro atoms. The van der Waals surface area contributed by atoms with Crippen LogP contribution in [0.4, 0.5) is 5.69 Å². The predicted molar refractivity (Wildman–Crippen MR) is 107 cm³/mol. The summed E-state index contributed by atoms with van der Waals surface area (Å²) in [7, 11) is 0. The Labute approximate surface area is 171 Å². The molecule has 0 bridgehead atoms. The summed E-state index contributed by atoms with van der Waals surface area (Å²) >= 11 is 3.36. The van der Waals surface area contributed by atoms with Crippen LogP contribution in [-0.2, 0) is 19.2 Å². The van der Waals surface area contributed by atoms with E-state index in [4.69, 9.17) is 0 Å². The first-order chi connectivity index (χ1) is 13.4. The number of rotatable bonds is 6. The smallest absolute Gasteiger partial charge is 0.243 e. The molecule has 28 heavy (non-hydrogen) atoms. The first kappa shape index (κ1) is 20.3. The third kappa shape index (κ3) is 4.49. The number of hydrogen-bond acceptors (Lipinski definition) is 4. The lowest BCUT2D eigenvalue weighted by molar-refractivity contribution is -0.140. The molecule has 2 N–H and O–H groups in total. The minimum atomic E-state index is -0.378. The summed E-state index contributed by atoms with van der Waals surface area (Å²) in [6.07, 6.45) is 4.98. The van der Waals surface area contributed by atoms with Gasteiger partial charge in [-0.05, 0) is 43.5 Å². The molecule has 4 amide bonds. The van der Waals surface area contributed by atoms with Gasteiger partial charge in [0.2, 0.25) is 23.6 Å². The Morgan fingerprint density at radius 1 is 1.11 bits per heavy atom. The van der Waals surface area contributed by atoms with Gasteiger partial charge in [0.1, 0.15) is 0 Å². The average molecular weight is 448 g/mol. The molecule has 1 aliphatic heterocycles. The first-order valence-corrected chi connectivity index (χ1v) is 9.99. The number of fused-ring (bicyclic) bond motifs is 1. The zero-order chi connectivity index (χ0) is 20.3. The van der Waals surface area contributed by atoms with E-state index in [-0.39, 0.29) is 55.0 Å². The highest BCUT2D eigenvalue weighted by Gasteiger charge is 2.46. The number of allylic oxidation sites excluding steroid dienone is 2. The number of carbonyl (C=O) groups excluding carboxylic acids is 4. The van der Waals surface area contributed by atoms with E-state index in [2.05, 4.69) is 26.6 Å². The van der Waals surface area contributed by atoms with Gasteiger partial charge in [0.05, 0.1) is 18.4 Å². The lowest BCUT2D eigenvalue weighted by Crippen LogP contribution is -2.37. The molecule has 0 aromatic heterocycles. The van der Waals surface area contributed by atoms with Crippen LogP contribution in [0.15, 0.2) is 34.8 Å². The minimum absolute atomic E-state index is 0.0189. The molecule has 7 nitrogen and oxygen atoms in total. The van der Waals surface area contributed by atoms with Crippen LogP contribution in [0.2, 0.25) is 0 Å². The Kier molecular flexibility index (Phi) is 6.28. The molecular weight excluding hydrogens is 426 g/mol. The monoisotopic (exact) mass is 447 g/mol. The predicted octanol–water partition coefficient (Wildman–Crippen LogP) is 2.15. The molecular formula is C20H22BrN3O4. The lowest BCUT2D eigenvalue weighted by atomic mass is 9.85. The van der Waals surface area contributed by atoms with Crippen LogP contribution >= 0.6 is 15.9 Å². The molecule has 1 fully saturated rings. The van der Waals surface area contributed by atoms with Crippen molar-refractivity contribution in [3.05, 3.63) is 40.4 Å². The zero-order valence-electron chi connectivity index (χ0n) is 15.5. The van der Waals surface area contributed by atoms with E-state index in [1.54, 1.807) is 6.07 Å². The maximum absolute atomic E-state index is 12.4. The second-order valence-corrected chi connectivity index (χ2v) is 7.93. The number of nitrogens with one attached hydrogen (secondary N) is 2. The average Bonchev–Trinajstić information content (AvgIpc) is 2.91. The second-order valence-electron chi connectivity index (χ2n) is 7.02. The fourth-order valence-electron chi connectivity index (χ4n) is 3.53. The molecule has 2 atom stereocenters. The van der Waals surface area contributed by atoms with Crippen molar-refractivity contribution >= 4 is 45.2 Å². The van der Waals surface area contributed by atoms with Crippen LogP contribution in [0.3, 0.4) is 0 Å². The Morgan fingerprint density at radius 3 is 2.36 bits per heavy atom. The molecule has 148 valence electrons. The molecule has 1 aromatic rings. The van der Waals surface area contributed by atoms with Gasteiger partial charge < -0.3 is 10.6 Å². The van der Waals surface area contributed by atoms with Crippen LogP contribution in [0.1, 0.15) is 24.8 Å². The van der Waals surface area contributed by atoms with Gasteiger partial charge in [-0.15, -0.1) is 0 Å². The summed E-state index contributed by atoms with van der Waals surface area (Å²) in [5.74, 6) is -1.70. The highest BCUT2D eigenvalue weighted by Crippen LogP contribution is 2.34. The van der Waals surface area contributed by atoms with Gasteiger partial charge >= 0.3 is 0 Å². The standard InChI is InChI=1S/C20H22BrN3O4/c1-12-10-13(21)6-7-16(12)23-18(26)11-22-17(25)8-9-24-19(27)14-4-2-3-5-15(14)20(24)28/h2-3,6-7,10,14-15H,4-5,8-9,11H2,1H3,(H,22,25)(H,23,26)/t14-,15+. The molecule has 3 rings (SSSR count). The number of hydrogen-bond donors (Lipinski definition) is 2. The topological polar surface area (TPSA) is 95.6 Å². The van der Waals surface area contributed by atoms with Crippen molar-refractivity contribution in [2.75, 3.05) is 18.4 Å². The number of carbonyl (C=O) groups is 4. The molecule has 0 radical (unpaired) electrons. The van der Waals surface area contributed by atoms with E-state index in [0.717, 1.165) is 10.0 Å². The Hall–Kier alpha value is -2.48. The Bertz CT molecular complexity index is 826. The minimum Gasteiger partial charge on any atom is -0.347 e. The van der Waals surface area contributed by atoms with Crippen molar-refractivity contribution in [3.8, 4) is 0 Å². The highest BCUT2D eigenvalue weighted by molar-refractivity contribution is 9.10. The van der Waals surface area contributed by atoms with Crippen molar-refractivity contribution < 1.29 is 19.2 Å².